The van der Waals surface area contributed by atoms with Gasteiger partial charge in [-0.15, -0.1) is 0 Å². The number of rotatable bonds is 8. The minimum atomic E-state index is -4.48. The van der Waals surface area contributed by atoms with Gasteiger partial charge in [0.1, 0.15) is 0 Å². The van der Waals surface area contributed by atoms with Gasteiger partial charge in [-0.05, 0) is 61.4 Å². The van der Waals surface area contributed by atoms with E-state index in [1.54, 1.807) is 60.9 Å². The van der Waals surface area contributed by atoms with E-state index in [0.717, 1.165) is 23.9 Å². The van der Waals surface area contributed by atoms with Crippen LogP contribution in [0.1, 0.15) is 44.6 Å². The SMILES string of the molecule is O=S(=O)(c1ccccc1)N(c1ccc(Nc2ncc3cnn(C4CCCCCC4)c3n2)cc1)S(=O)(=O)c1ccccc1. The van der Waals surface area contributed by atoms with Crippen LogP contribution < -0.4 is 9.03 Å². The van der Waals surface area contributed by atoms with E-state index in [2.05, 4.69) is 15.4 Å². The lowest BCUT2D eigenvalue weighted by Gasteiger charge is -2.24. The first kappa shape index (κ1) is 27.9. The maximum absolute atomic E-state index is 13.7. The summed E-state index contributed by atoms with van der Waals surface area (Å²) in [6.07, 6.45) is 10.5. The molecular formula is C30H30N6O4S2. The molecule has 0 unspecified atom stereocenters. The fraction of sp³-hybridized carbons (Fsp3) is 0.233. The Kier molecular flexibility index (Phi) is 7.65. The largest absolute Gasteiger partial charge is 0.324 e. The van der Waals surface area contributed by atoms with E-state index in [4.69, 9.17) is 4.98 Å². The second-order valence-corrected chi connectivity index (χ2v) is 14.0. The Morgan fingerprint density at radius 3 is 1.86 bits per heavy atom. The predicted molar refractivity (Wildman–Crippen MR) is 162 cm³/mol. The number of benzene rings is 3. The van der Waals surface area contributed by atoms with Gasteiger partial charge in [-0.1, -0.05) is 62.1 Å². The topological polar surface area (TPSA) is 127 Å². The van der Waals surface area contributed by atoms with Crippen LogP contribution >= 0.6 is 0 Å². The minimum absolute atomic E-state index is 0.0314. The van der Waals surface area contributed by atoms with Crippen LogP contribution in [0.3, 0.4) is 0 Å². The maximum atomic E-state index is 13.7. The summed E-state index contributed by atoms with van der Waals surface area (Å²) in [6.45, 7) is 0. The molecule has 1 fully saturated rings. The van der Waals surface area contributed by atoms with E-state index >= 15 is 0 Å². The van der Waals surface area contributed by atoms with Gasteiger partial charge < -0.3 is 5.32 Å². The number of aromatic nitrogens is 4. The lowest BCUT2D eigenvalue weighted by molar-refractivity contribution is 0.415. The molecule has 0 spiro atoms. The quantitative estimate of drug-likeness (QED) is 0.213. The van der Waals surface area contributed by atoms with Crippen LogP contribution in [-0.2, 0) is 20.0 Å². The molecule has 1 aliphatic carbocycles. The van der Waals surface area contributed by atoms with Gasteiger partial charge in [0.05, 0.1) is 33.1 Å². The van der Waals surface area contributed by atoms with Gasteiger partial charge in [-0.2, -0.15) is 13.8 Å². The van der Waals surface area contributed by atoms with Crippen LogP contribution in [-0.4, -0.2) is 36.6 Å². The molecule has 0 radical (unpaired) electrons. The molecule has 0 atom stereocenters. The highest BCUT2D eigenvalue weighted by Gasteiger charge is 2.36. The van der Waals surface area contributed by atoms with Gasteiger partial charge in [-0.25, -0.2) is 26.5 Å². The molecule has 0 bridgehead atoms. The zero-order valence-electron chi connectivity index (χ0n) is 22.7. The molecule has 1 saturated carbocycles. The third-order valence-electron chi connectivity index (χ3n) is 7.36. The second-order valence-electron chi connectivity index (χ2n) is 10.2. The van der Waals surface area contributed by atoms with Crippen LogP contribution in [0.2, 0.25) is 0 Å². The van der Waals surface area contributed by atoms with Crippen molar-refractivity contribution in [2.24, 2.45) is 0 Å². The first-order valence-corrected chi connectivity index (χ1v) is 16.7. The molecule has 1 aliphatic rings. The molecule has 1 N–H and O–H groups in total. The standard InChI is InChI=1S/C30H30N6O4S2/c37-41(38,27-13-7-3-8-14-27)36(42(39,40)28-15-9-4-10-16-28)26-19-17-24(18-20-26)33-30-31-21-23-22-32-35(29(23)34-30)25-11-5-1-2-6-12-25/h3-4,7-10,13-22,25H,1-2,5-6,11-12H2,(H,31,33,34). The molecule has 42 heavy (non-hydrogen) atoms. The predicted octanol–water partition coefficient (Wildman–Crippen LogP) is 6.05. The summed E-state index contributed by atoms with van der Waals surface area (Å²) >= 11 is 0. The molecule has 6 rings (SSSR count). The fourth-order valence-corrected chi connectivity index (χ4v) is 8.98. The molecule has 3 aromatic carbocycles. The lowest BCUT2D eigenvalue weighted by Crippen LogP contribution is -2.37. The Hall–Kier alpha value is -4.29. The number of hydrogen-bond acceptors (Lipinski definition) is 8. The number of fused-ring (bicyclic) bond motifs is 1. The summed E-state index contributed by atoms with van der Waals surface area (Å²) in [4.78, 5) is 8.86. The van der Waals surface area contributed by atoms with E-state index in [0.29, 0.717) is 21.4 Å². The molecule has 2 aromatic heterocycles. The third kappa shape index (κ3) is 5.47. The Bertz CT molecular complexity index is 1820. The molecule has 5 aromatic rings. The van der Waals surface area contributed by atoms with Gasteiger partial charge in [0.2, 0.25) is 5.95 Å². The zero-order valence-corrected chi connectivity index (χ0v) is 24.4. The van der Waals surface area contributed by atoms with Crippen molar-refractivity contribution in [3.05, 3.63) is 97.3 Å². The van der Waals surface area contributed by atoms with E-state index in [1.165, 1.54) is 62.1 Å². The van der Waals surface area contributed by atoms with Crippen LogP contribution in [0.5, 0.6) is 0 Å². The average molecular weight is 603 g/mol. The Morgan fingerprint density at radius 2 is 1.29 bits per heavy atom. The molecule has 0 amide bonds. The molecule has 0 saturated heterocycles. The molecular weight excluding hydrogens is 573 g/mol. The highest BCUT2D eigenvalue weighted by atomic mass is 32.3. The summed E-state index contributed by atoms with van der Waals surface area (Å²) in [5, 5.41) is 8.61. The number of sulfonamides is 2. The van der Waals surface area contributed by atoms with Crippen LogP contribution in [0.25, 0.3) is 11.0 Å². The summed E-state index contributed by atoms with van der Waals surface area (Å²) in [7, 11) is -8.95. The van der Waals surface area contributed by atoms with Gasteiger partial charge >= 0.3 is 0 Å². The van der Waals surface area contributed by atoms with E-state index in [1.807, 2.05) is 4.68 Å². The molecule has 12 heteroatoms. The van der Waals surface area contributed by atoms with Crippen molar-refractivity contribution < 1.29 is 16.8 Å². The van der Waals surface area contributed by atoms with Crippen LogP contribution in [0.4, 0.5) is 17.3 Å². The van der Waals surface area contributed by atoms with Crippen molar-refractivity contribution in [2.75, 3.05) is 9.03 Å². The van der Waals surface area contributed by atoms with Crippen molar-refractivity contribution in [3.8, 4) is 0 Å². The van der Waals surface area contributed by atoms with Gasteiger partial charge in [0.25, 0.3) is 20.0 Å². The summed E-state index contributed by atoms with van der Waals surface area (Å²) in [5.74, 6) is 0.358. The number of hydrogen-bond donors (Lipinski definition) is 1. The van der Waals surface area contributed by atoms with E-state index < -0.39 is 20.0 Å². The molecule has 0 aliphatic heterocycles. The van der Waals surface area contributed by atoms with Crippen molar-refractivity contribution in [2.45, 2.75) is 54.4 Å². The minimum Gasteiger partial charge on any atom is -0.324 e. The number of anilines is 3. The zero-order chi connectivity index (χ0) is 29.2. The first-order chi connectivity index (χ1) is 20.3. The fourth-order valence-electron chi connectivity index (χ4n) is 5.24. The van der Waals surface area contributed by atoms with Crippen molar-refractivity contribution >= 4 is 48.4 Å². The third-order valence-corrected chi connectivity index (χ3v) is 11.6. The Balaban J connectivity index is 1.32. The average Bonchev–Trinajstić information content (AvgIpc) is 3.23. The molecule has 2 heterocycles. The second kappa shape index (κ2) is 11.5. The highest BCUT2D eigenvalue weighted by Crippen LogP contribution is 2.33. The Labute approximate surface area is 245 Å². The number of nitrogens with zero attached hydrogens (tertiary/aromatic N) is 5. The van der Waals surface area contributed by atoms with E-state index in [9.17, 15) is 16.8 Å². The first-order valence-electron chi connectivity index (χ1n) is 13.8. The Morgan fingerprint density at radius 1 is 0.714 bits per heavy atom. The summed E-state index contributed by atoms with van der Waals surface area (Å²) in [6, 6.07) is 21.4. The summed E-state index contributed by atoms with van der Waals surface area (Å²) in [5.41, 5.74) is 1.29. The van der Waals surface area contributed by atoms with Crippen LogP contribution in [0.15, 0.2) is 107 Å². The number of nitrogens with one attached hydrogen (secondary N) is 1. The van der Waals surface area contributed by atoms with Crippen LogP contribution in [0, 0.1) is 0 Å². The molecule has 216 valence electrons. The van der Waals surface area contributed by atoms with Crippen molar-refractivity contribution in [1.29, 1.82) is 0 Å². The maximum Gasteiger partial charge on any atom is 0.277 e. The van der Waals surface area contributed by atoms with E-state index in [-0.39, 0.29) is 15.5 Å². The summed E-state index contributed by atoms with van der Waals surface area (Å²) < 4.78 is 57.3. The molecule has 10 nitrogen and oxygen atoms in total. The van der Waals surface area contributed by atoms with Gasteiger partial charge in [0, 0.05) is 11.9 Å². The normalized spacial score (nSPS) is 14.9. The highest BCUT2D eigenvalue weighted by molar-refractivity contribution is 8.10. The van der Waals surface area contributed by atoms with Gasteiger partial charge in [-0.3, -0.25) is 0 Å². The monoisotopic (exact) mass is 602 g/mol. The smallest absolute Gasteiger partial charge is 0.277 e. The van der Waals surface area contributed by atoms with Gasteiger partial charge in [0.15, 0.2) is 5.65 Å². The van der Waals surface area contributed by atoms with Crippen molar-refractivity contribution in [3.63, 3.8) is 0 Å². The van der Waals surface area contributed by atoms with Crippen molar-refractivity contribution in [1.82, 2.24) is 19.7 Å². The lowest BCUT2D eigenvalue weighted by atomic mass is 10.1.